The average molecular weight is 902 g/mol. The number of benzene rings is 7. The van der Waals surface area contributed by atoms with Crippen LogP contribution in [0.3, 0.4) is 0 Å². The third-order valence-electron chi connectivity index (χ3n) is 18.3. The zero-order valence-electron chi connectivity index (χ0n) is 46.7. The minimum absolute atomic E-state index is 0.351. The van der Waals surface area contributed by atoms with Crippen molar-refractivity contribution < 1.29 is 0 Å². The van der Waals surface area contributed by atoms with Crippen molar-refractivity contribution in [2.24, 2.45) is 0 Å². The van der Waals surface area contributed by atoms with Crippen molar-refractivity contribution in [3.05, 3.63) is 94.6 Å². The number of aryl methyl sites for hydroxylation is 8. The standard InChI is InChI=1S/C51H51B22/c1-18-19(2)27(10)38-35(23(18)6)24(7)20(3)28(11)39(38)40-29(12)21(4)25(8)36-34(17)43-37(33(16)42(36)40)26(9)22(5)30(13)41(43)46-48(64-53)47(52)45-44(50(46)67(56)65-54)31(14)32(15)49(68(70(57)58)71(59)60)51(45)69(72(61)62)73(63)66-55/h1-17H3. The molecule has 0 fully saturated rings. The fourth-order valence-corrected chi connectivity index (χ4v) is 13.4. The Balaban J connectivity index is 1.84. The summed E-state index contributed by atoms with van der Waals surface area (Å²) in [6.07, 6.45) is -3.89. The molecule has 0 saturated heterocycles. The molecule has 7 aromatic rings. The van der Waals surface area contributed by atoms with Crippen LogP contribution in [0.1, 0.15) is 94.6 Å². The highest BCUT2D eigenvalue weighted by Crippen LogP contribution is 2.51. The summed E-state index contributed by atoms with van der Waals surface area (Å²) >= 11 is 0. The molecule has 0 aliphatic rings. The van der Waals surface area contributed by atoms with E-state index in [2.05, 4.69) is 104 Å². The van der Waals surface area contributed by atoms with E-state index in [-0.39, 0.29) is 0 Å². The van der Waals surface area contributed by atoms with Gasteiger partial charge >= 0.3 is 0 Å². The van der Waals surface area contributed by atoms with E-state index >= 15 is 0 Å². The van der Waals surface area contributed by atoms with Gasteiger partial charge in [0.25, 0.3) is 0 Å². The van der Waals surface area contributed by atoms with Crippen LogP contribution in [0.5, 0.6) is 0 Å². The maximum atomic E-state index is 7.71. The van der Waals surface area contributed by atoms with Gasteiger partial charge in [0.05, 0.1) is 26.7 Å². The van der Waals surface area contributed by atoms with Gasteiger partial charge in [-0.15, -0.1) is 5.46 Å². The Kier molecular flexibility index (Phi) is 16.7. The fraction of sp³-hybridized carbons (Fsp3) is 0.333. The van der Waals surface area contributed by atoms with Crippen molar-refractivity contribution in [2.45, 2.75) is 118 Å². The molecule has 0 unspecified atom stereocenters. The quantitative estimate of drug-likeness (QED) is 0.131. The van der Waals surface area contributed by atoms with E-state index in [0.29, 0.717) is 32.7 Å². The van der Waals surface area contributed by atoms with Crippen molar-refractivity contribution in [1.82, 2.24) is 0 Å². The molecule has 0 saturated carbocycles. The Bertz CT molecular complexity index is 3470. The predicted molar refractivity (Wildman–Crippen MR) is 353 cm³/mol. The zero-order valence-corrected chi connectivity index (χ0v) is 46.7. The Morgan fingerprint density at radius 3 is 0.973 bits per heavy atom. The molecule has 0 atom stereocenters. The third kappa shape index (κ3) is 8.49. The molecule has 321 valence electrons. The van der Waals surface area contributed by atoms with Crippen molar-refractivity contribution in [3.63, 3.8) is 0 Å². The first-order valence-corrected chi connectivity index (χ1v) is 25.6. The first-order chi connectivity index (χ1) is 34.0. The third-order valence-corrected chi connectivity index (χ3v) is 18.3. The van der Waals surface area contributed by atoms with Crippen molar-refractivity contribution in [3.8, 4) is 22.3 Å². The Morgan fingerprint density at radius 2 is 0.616 bits per heavy atom. The van der Waals surface area contributed by atoms with Gasteiger partial charge in [-0.1, -0.05) is 27.4 Å². The van der Waals surface area contributed by atoms with Gasteiger partial charge in [-0.25, -0.2) is 0 Å². The zero-order chi connectivity index (χ0) is 54.8. The SMILES string of the molecule is [B][B]B([B])B(B([B])[B])c1c(B(B([B])[B])B([B])[B])c(C)c(C)c2c(B([B])[B][B])c(-c3c(C)c(C)c(C)c4c(C)c5c(-c6c(C)c(C)c(C)c7c(C)c(C)c(C)c(C)c67)c(C)c(C)c(C)c5c(C)c34)c([B][B])c([B])c12. The minimum atomic E-state index is -1.04. The maximum absolute atomic E-state index is 7.71. The van der Waals surface area contributed by atoms with Gasteiger partial charge in [0, 0.05) is 125 Å². The van der Waals surface area contributed by atoms with Crippen LogP contribution in [0, 0.1) is 118 Å². The molecule has 73 heavy (non-hydrogen) atoms. The van der Waals surface area contributed by atoms with E-state index in [1.807, 2.05) is 13.8 Å². The summed E-state index contributed by atoms with van der Waals surface area (Å²) in [5.74, 6) is 0. The second kappa shape index (κ2) is 21.1. The van der Waals surface area contributed by atoms with Gasteiger partial charge in [-0.05, 0) is 272 Å². The molecule has 0 amide bonds. The second-order valence-electron chi connectivity index (χ2n) is 21.6. The van der Waals surface area contributed by atoms with Crippen LogP contribution in [-0.2, 0) is 0 Å². The van der Waals surface area contributed by atoms with Crippen LogP contribution in [0.2, 0.25) is 0 Å². The molecule has 0 bridgehead atoms. The molecule has 0 spiro atoms. The van der Waals surface area contributed by atoms with Gasteiger partial charge in [0.2, 0.25) is 0 Å². The first-order valence-electron chi connectivity index (χ1n) is 25.6. The van der Waals surface area contributed by atoms with Gasteiger partial charge in [0.15, 0.2) is 0 Å². The molecule has 7 rings (SSSR count). The predicted octanol–water partition coefficient (Wildman–Crippen LogP) is 2.37. The molecule has 27 radical (unpaired) electrons. The largest absolute Gasteiger partial charge is 0.113 e. The summed E-state index contributed by atoms with van der Waals surface area (Å²) in [5.41, 5.74) is 27.6. The number of fused-ring (bicyclic) bond motifs is 4. The molecule has 7 aromatic carbocycles. The van der Waals surface area contributed by atoms with Crippen LogP contribution in [0.15, 0.2) is 0 Å². The van der Waals surface area contributed by atoms with E-state index in [4.69, 9.17) is 93.0 Å². The lowest BCUT2D eigenvalue weighted by Gasteiger charge is -2.38. The lowest BCUT2D eigenvalue weighted by atomic mass is 8.67. The highest BCUT2D eigenvalue weighted by atomic mass is 14.3. The molecule has 22 heteroatoms. The Morgan fingerprint density at radius 1 is 0.288 bits per heavy atom. The maximum Gasteiger partial charge on any atom is 0.113 e. The Labute approximate surface area is 461 Å². The van der Waals surface area contributed by atoms with Crippen LogP contribution < -0.4 is 27.3 Å². The van der Waals surface area contributed by atoms with Crippen LogP contribution in [0.4, 0.5) is 0 Å². The molecule has 0 aliphatic carbocycles. The molecular formula is C51H51B22. The molecule has 0 heterocycles. The first kappa shape index (κ1) is 57.7. The molecule has 0 aromatic heterocycles. The second-order valence-corrected chi connectivity index (χ2v) is 21.6. The van der Waals surface area contributed by atoms with Crippen molar-refractivity contribution in [1.29, 1.82) is 0 Å². The summed E-state index contributed by atoms with van der Waals surface area (Å²) in [5, 5.41) is 8.72. The summed E-state index contributed by atoms with van der Waals surface area (Å²) in [4.78, 5) is 0. The highest BCUT2D eigenvalue weighted by Gasteiger charge is 2.39. The van der Waals surface area contributed by atoms with Gasteiger partial charge in [-0.2, -0.15) is 0 Å². The van der Waals surface area contributed by atoms with Crippen molar-refractivity contribution >= 4 is 230 Å². The van der Waals surface area contributed by atoms with E-state index in [0.717, 1.165) is 55.1 Å². The van der Waals surface area contributed by atoms with E-state index in [9.17, 15) is 0 Å². The average Bonchev–Trinajstić information content (AvgIpc) is 3.33. The molecule has 0 aliphatic heterocycles. The van der Waals surface area contributed by atoms with E-state index in [1.54, 1.807) is 7.17 Å². The van der Waals surface area contributed by atoms with Crippen LogP contribution in [-0.4, -0.2) is 159 Å². The van der Waals surface area contributed by atoms with E-state index in [1.165, 1.54) is 114 Å². The number of hydrogen-bond acceptors (Lipinski definition) is 0. The minimum Gasteiger partial charge on any atom is -0.103 e. The molecule has 0 N–H and O–H groups in total. The van der Waals surface area contributed by atoms with Gasteiger partial charge in [0.1, 0.15) is 7.85 Å². The highest BCUT2D eigenvalue weighted by molar-refractivity contribution is 7.89. The topological polar surface area (TPSA) is 0 Å². The summed E-state index contributed by atoms with van der Waals surface area (Å²) < 4.78 is 0. The van der Waals surface area contributed by atoms with Crippen LogP contribution in [0.25, 0.3) is 65.3 Å². The summed E-state index contributed by atoms with van der Waals surface area (Å²) in [6, 6.07) is 0. The van der Waals surface area contributed by atoms with E-state index < -0.39 is 45.0 Å². The Hall–Kier alpha value is -2.99. The lowest BCUT2D eigenvalue weighted by molar-refractivity contribution is 1.22. The number of rotatable bonds is 12. The fourth-order valence-electron chi connectivity index (χ4n) is 13.4. The summed E-state index contributed by atoms with van der Waals surface area (Å²) in [7, 11) is 86.0. The van der Waals surface area contributed by atoms with Gasteiger partial charge < -0.3 is 0 Å². The number of hydrogen-bond donors (Lipinski definition) is 0. The molecular weight excluding hydrogens is 850 g/mol. The van der Waals surface area contributed by atoms with Crippen LogP contribution >= 0.6 is 0 Å². The smallest absolute Gasteiger partial charge is 0.103 e. The monoisotopic (exact) mass is 906 g/mol. The molecule has 0 nitrogen and oxygen atoms in total. The lowest BCUT2D eigenvalue weighted by Crippen LogP contribution is -2.72. The normalized spacial score (nSPS) is 11.5. The van der Waals surface area contributed by atoms with Crippen molar-refractivity contribution in [2.75, 3.05) is 0 Å². The van der Waals surface area contributed by atoms with Gasteiger partial charge in [-0.3, -0.25) is 0 Å². The summed E-state index contributed by atoms with van der Waals surface area (Å²) in [6.45, 7) is 35.6.